The third kappa shape index (κ3) is 3.02. The van der Waals surface area contributed by atoms with Crippen LogP contribution in [0.2, 0.25) is 0 Å². The van der Waals surface area contributed by atoms with Crippen LogP contribution in [-0.4, -0.2) is 65.1 Å². The minimum Gasteiger partial charge on any atom is -0.395 e. The molecule has 0 bridgehead atoms. The Morgan fingerprint density at radius 3 is 2.61 bits per heavy atom. The highest BCUT2D eigenvalue weighted by Crippen LogP contribution is 2.07. The summed E-state index contributed by atoms with van der Waals surface area (Å²) in [5.41, 5.74) is 0.270. The van der Waals surface area contributed by atoms with E-state index in [1.165, 1.54) is 12.1 Å². The molecule has 1 aromatic heterocycles. The number of halogens is 1. The summed E-state index contributed by atoms with van der Waals surface area (Å²) in [6.45, 7) is 3.47. The van der Waals surface area contributed by atoms with Crippen molar-refractivity contribution in [3.05, 3.63) is 29.8 Å². The fraction of sp³-hybridized carbons (Fsp3) is 0.500. The molecule has 0 radical (unpaired) electrons. The van der Waals surface area contributed by atoms with Gasteiger partial charge in [0.05, 0.1) is 12.8 Å². The first-order valence-electron chi connectivity index (χ1n) is 5.95. The highest BCUT2D eigenvalue weighted by atomic mass is 19.1. The van der Waals surface area contributed by atoms with E-state index in [0.29, 0.717) is 19.6 Å². The maximum Gasteiger partial charge on any atom is 0.272 e. The van der Waals surface area contributed by atoms with Crippen LogP contribution in [0.5, 0.6) is 0 Å². The Bertz CT molecular complexity index is 402. The van der Waals surface area contributed by atoms with Gasteiger partial charge < -0.3 is 10.0 Å². The maximum absolute atomic E-state index is 12.7. The van der Waals surface area contributed by atoms with Crippen molar-refractivity contribution in [2.24, 2.45) is 0 Å². The van der Waals surface area contributed by atoms with Crippen LogP contribution in [0.4, 0.5) is 4.39 Å². The van der Waals surface area contributed by atoms with E-state index in [-0.39, 0.29) is 18.2 Å². The summed E-state index contributed by atoms with van der Waals surface area (Å²) in [5.74, 6) is -0.613. The van der Waals surface area contributed by atoms with Gasteiger partial charge in [-0.15, -0.1) is 0 Å². The minimum atomic E-state index is -0.445. The van der Waals surface area contributed by atoms with Crippen molar-refractivity contribution in [2.75, 3.05) is 39.3 Å². The van der Waals surface area contributed by atoms with Gasteiger partial charge in [0.15, 0.2) is 0 Å². The van der Waals surface area contributed by atoms with Crippen molar-refractivity contribution in [1.29, 1.82) is 0 Å². The van der Waals surface area contributed by atoms with Crippen LogP contribution >= 0.6 is 0 Å². The molecule has 1 amide bonds. The Balaban J connectivity index is 1.93. The number of aliphatic hydroxyl groups is 1. The fourth-order valence-corrected chi connectivity index (χ4v) is 1.98. The van der Waals surface area contributed by atoms with Crippen molar-refractivity contribution in [2.45, 2.75) is 0 Å². The van der Waals surface area contributed by atoms with E-state index in [1.54, 1.807) is 4.90 Å². The van der Waals surface area contributed by atoms with Crippen LogP contribution in [0.3, 0.4) is 0 Å². The molecule has 0 aromatic carbocycles. The number of pyridine rings is 1. The summed E-state index contributed by atoms with van der Waals surface area (Å²) in [6.07, 6.45) is 1.05. The summed E-state index contributed by atoms with van der Waals surface area (Å²) in [6, 6.07) is 2.64. The zero-order chi connectivity index (χ0) is 13.0. The fourth-order valence-electron chi connectivity index (χ4n) is 1.98. The Hall–Kier alpha value is -1.53. The van der Waals surface area contributed by atoms with Crippen LogP contribution in [0.1, 0.15) is 10.5 Å². The van der Waals surface area contributed by atoms with Gasteiger partial charge in [-0.25, -0.2) is 9.37 Å². The predicted octanol–water partition coefficient (Wildman–Crippen LogP) is -0.0292. The second-order valence-electron chi connectivity index (χ2n) is 4.22. The van der Waals surface area contributed by atoms with Gasteiger partial charge in [0.1, 0.15) is 11.5 Å². The van der Waals surface area contributed by atoms with Gasteiger partial charge in [0.25, 0.3) is 5.91 Å². The summed E-state index contributed by atoms with van der Waals surface area (Å²) in [5, 5.41) is 8.83. The first-order chi connectivity index (χ1) is 8.70. The van der Waals surface area contributed by atoms with Crippen LogP contribution in [0.25, 0.3) is 0 Å². The first-order valence-corrected chi connectivity index (χ1v) is 5.95. The monoisotopic (exact) mass is 253 g/mol. The number of aromatic nitrogens is 1. The molecule has 1 aliphatic rings. The van der Waals surface area contributed by atoms with Crippen LogP contribution in [0, 0.1) is 5.82 Å². The number of hydrogen-bond donors (Lipinski definition) is 1. The third-order valence-corrected chi connectivity index (χ3v) is 3.02. The second-order valence-corrected chi connectivity index (χ2v) is 4.22. The number of hydrogen-bond acceptors (Lipinski definition) is 4. The Morgan fingerprint density at radius 1 is 1.33 bits per heavy atom. The molecule has 0 aliphatic carbocycles. The van der Waals surface area contributed by atoms with Gasteiger partial charge in [0.2, 0.25) is 0 Å². The highest BCUT2D eigenvalue weighted by molar-refractivity contribution is 5.92. The van der Waals surface area contributed by atoms with Crippen molar-refractivity contribution in [3.8, 4) is 0 Å². The Labute approximate surface area is 105 Å². The molecule has 2 heterocycles. The molecule has 6 heteroatoms. The standard InChI is InChI=1S/C12H16FN3O2/c13-10-1-2-11(14-9-10)12(18)16-5-3-15(4-6-16)7-8-17/h1-2,9,17H,3-8H2. The molecule has 98 valence electrons. The third-order valence-electron chi connectivity index (χ3n) is 3.02. The number of piperazine rings is 1. The van der Waals surface area contributed by atoms with E-state index >= 15 is 0 Å². The van der Waals surface area contributed by atoms with Crippen molar-refractivity contribution < 1.29 is 14.3 Å². The number of nitrogens with zero attached hydrogens (tertiary/aromatic N) is 3. The van der Waals surface area contributed by atoms with Crippen LogP contribution < -0.4 is 0 Å². The molecule has 18 heavy (non-hydrogen) atoms. The molecule has 5 nitrogen and oxygen atoms in total. The zero-order valence-corrected chi connectivity index (χ0v) is 10.0. The molecule has 1 aliphatic heterocycles. The van der Waals surface area contributed by atoms with E-state index in [1.807, 2.05) is 0 Å². The van der Waals surface area contributed by atoms with E-state index in [4.69, 9.17) is 5.11 Å². The summed E-state index contributed by atoms with van der Waals surface area (Å²) < 4.78 is 12.7. The maximum atomic E-state index is 12.7. The number of rotatable bonds is 3. The highest BCUT2D eigenvalue weighted by Gasteiger charge is 2.22. The molecule has 0 saturated carbocycles. The lowest BCUT2D eigenvalue weighted by Gasteiger charge is -2.34. The SMILES string of the molecule is O=C(c1ccc(F)cn1)N1CCN(CCO)CC1. The molecule has 0 unspecified atom stereocenters. The topological polar surface area (TPSA) is 56.7 Å². The van der Waals surface area contributed by atoms with Gasteiger partial charge in [-0.3, -0.25) is 9.69 Å². The molecular weight excluding hydrogens is 237 g/mol. The van der Waals surface area contributed by atoms with Gasteiger partial charge in [-0.2, -0.15) is 0 Å². The molecule has 1 saturated heterocycles. The minimum absolute atomic E-state index is 0.132. The average molecular weight is 253 g/mol. The van der Waals surface area contributed by atoms with Crippen molar-refractivity contribution in [3.63, 3.8) is 0 Å². The average Bonchev–Trinajstić information content (AvgIpc) is 2.40. The molecule has 1 fully saturated rings. The van der Waals surface area contributed by atoms with Crippen LogP contribution in [0.15, 0.2) is 18.3 Å². The molecule has 0 spiro atoms. The number of carbonyl (C=O) groups excluding carboxylic acids is 1. The lowest BCUT2D eigenvalue weighted by Crippen LogP contribution is -2.49. The normalized spacial score (nSPS) is 16.9. The lowest BCUT2D eigenvalue weighted by molar-refractivity contribution is 0.0609. The van der Waals surface area contributed by atoms with Crippen molar-refractivity contribution in [1.82, 2.24) is 14.8 Å². The second kappa shape index (κ2) is 5.88. The molecule has 2 rings (SSSR count). The smallest absolute Gasteiger partial charge is 0.272 e. The number of β-amino-alcohol motifs (C(OH)–C–C–N with tert-alkyl or cyclic N) is 1. The lowest BCUT2D eigenvalue weighted by atomic mass is 10.2. The quantitative estimate of drug-likeness (QED) is 0.822. The van der Waals surface area contributed by atoms with Gasteiger partial charge in [0, 0.05) is 32.7 Å². The van der Waals surface area contributed by atoms with E-state index < -0.39 is 5.82 Å². The summed E-state index contributed by atoms with van der Waals surface area (Å²) in [4.78, 5) is 19.6. The van der Waals surface area contributed by atoms with Gasteiger partial charge >= 0.3 is 0 Å². The molecule has 1 N–H and O–H groups in total. The van der Waals surface area contributed by atoms with E-state index in [0.717, 1.165) is 19.3 Å². The number of amides is 1. The van der Waals surface area contributed by atoms with Gasteiger partial charge in [-0.05, 0) is 12.1 Å². The van der Waals surface area contributed by atoms with E-state index in [9.17, 15) is 9.18 Å². The first kappa shape index (κ1) is 12.9. The number of carbonyl (C=O) groups is 1. The van der Waals surface area contributed by atoms with Crippen LogP contribution in [-0.2, 0) is 0 Å². The summed E-state index contributed by atoms with van der Waals surface area (Å²) >= 11 is 0. The largest absolute Gasteiger partial charge is 0.395 e. The molecule has 1 aromatic rings. The van der Waals surface area contributed by atoms with Crippen molar-refractivity contribution >= 4 is 5.91 Å². The summed E-state index contributed by atoms with van der Waals surface area (Å²) in [7, 11) is 0. The van der Waals surface area contributed by atoms with Gasteiger partial charge in [-0.1, -0.05) is 0 Å². The number of aliphatic hydroxyl groups excluding tert-OH is 1. The Kier molecular flexibility index (Phi) is 4.22. The molecular formula is C12H16FN3O2. The Morgan fingerprint density at radius 2 is 2.06 bits per heavy atom. The van der Waals surface area contributed by atoms with E-state index in [2.05, 4.69) is 9.88 Å². The molecule has 0 atom stereocenters. The zero-order valence-electron chi connectivity index (χ0n) is 10.0. The predicted molar refractivity (Wildman–Crippen MR) is 63.6 cm³/mol.